The molecule has 1 aromatic heterocycles. The van der Waals surface area contributed by atoms with Gasteiger partial charge in [0.05, 0.1) is 5.39 Å². The fourth-order valence-corrected chi connectivity index (χ4v) is 3.87. The molecule has 5 rings (SSSR count). The van der Waals surface area contributed by atoms with Crippen LogP contribution in [0.4, 0.5) is 0 Å². The van der Waals surface area contributed by atoms with Crippen LogP contribution >= 0.6 is 0 Å². The largest absolute Gasteiger partial charge is 0.456 e. The molecule has 1 aliphatic rings. The third-order valence-electron chi connectivity index (χ3n) is 5.48. The Morgan fingerprint density at radius 1 is 0.938 bits per heavy atom. The first-order valence-corrected chi connectivity index (χ1v) is 10.3. The van der Waals surface area contributed by atoms with Crippen LogP contribution in [0.1, 0.15) is 27.0 Å². The summed E-state index contributed by atoms with van der Waals surface area (Å²) >= 11 is 0. The van der Waals surface area contributed by atoms with Crippen LogP contribution in [-0.4, -0.2) is 12.7 Å². The molecule has 0 saturated carbocycles. The Bertz CT molecular complexity index is 1400. The van der Waals surface area contributed by atoms with Gasteiger partial charge in [0, 0.05) is 23.7 Å². The second kappa shape index (κ2) is 7.89. The Kier molecular flexibility index (Phi) is 4.90. The molecule has 4 aromatic rings. The van der Waals surface area contributed by atoms with Crippen LogP contribution in [0.25, 0.3) is 22.3 Å². The number of rotatable bonds is 4. The smallest absolute Gasteiger partial charge is 0.251 e. The molecule has 160 valence electrons. The molecule has 0 saturated heterocycles. The van der Waals surface area contributed by atoms with Gasteiger partial charge in [0.2, 0.25) is 6.79 Å². The molecule has 0 spiro atoms. The fourth-order valence-electron chi connectivity index (χ4n) is 3.87. The van der Waals surface area contributed by atoms with Crippen LogP contribution in [0.15, 0.2) is 69.9 Å². The molecule has 32 heavy (non-hydrogen) atoms. The number of nitrogens with one attached hydrogen (secondary N) is 1. The highest BCUT2D eigenvalue weighted by Gasteiger charge is 2.14. The molecule has 0 unspecified atom stereocenters. The van der Waals surface area contributed by atoms with Crippen molar-refractivity contribution in [3.63, 3.8) is 0 Å². The molecule has 0 atom stereocenters. The molecule has 0 radical (unpaired) electrons. The Labute approximate surface area is 184 Å². The molecule has 1 amide bonds. The van der Waals surface area contributed by atoms with E-state index in [0.29, 0.717) is 40.3 Å². The lowest BCUT2D eigenvalue weighted by atomic mass is 10.1. The minimum Gasteiger partial charge on any atom is -0.456 e. The van der Waals surface area contributed by atoms with Crippen LogP contribution in [-0.2, 0) is 6.54 Å². The van der Waals surface area contributed by atoms with Crippen LogP contribution < -0.4 is 20.2 Å². The SMILES string of the molecule is Cc1cc(C)c2oc(-c3ccc(C(=O)NCc4ccc5c(c4)OCO5)cc3)cc(=O)c2c1. The van der Waals surface area contributed by atoms with E-state index in [1.165, 1.54) is 6.07 Å². The predicted octanol–water partition coefficient (Wildman–Crippen LogP) is 4.74. The first kappa shape index (κ1) is 19.9. The first-order chi connectivity index (χ1) is 15.5. The highest BCUT2D eigenvalue weighted by Crippen LogP contribution is 2.32. The summed E-state index contributed by atoms with van der Waals surface area (Å²) in [6.07, 6.45) is 0. The van der Waals surface area contributed by atoms with Gasteiger partial charge in [0.15, 0.2) is 16.9 Å². The average Bonchev–Trinajstić information content (AvgIpc) is 3.26. The van der Waals surface area contributed by atoms with Crippen molar-refractivity contribution in [2.45, 2.75) is 20.4 Å². The van der Waals surface area contributed by atoms with Gasteiger partial charge in [0.1, 0.15) is 11.3 Å². The number of benzene rings is 3. The minimum atomic E-state index is -0.194. The van der Waals surface area contributed by atoms with Crippen LogP contribution in [0.3, 0.4) is 0 Å². The number of aryl methyl sites for hydroxylation is 2. The maximum Gasteiger partial charge on any atom is 0.251 e. The Morgan fingerprint density at radius 2 is 1.72 bits per heavy atom. The van der Waals surface area contributed by atoms with E-state index in [9.17, 15) is 9.59 Å². The predicted molar refractivity (Wildman–Crippen MR) is 121 cm³/mol. The van der Waals surface area contributed by atoms with E-state index >= 15 is 0 Å². The third-order valence-corrected chi connectivity index (χ3v) is 5.48. The van der Waals surface area contributed by atoms with E-state index in [1.807, 2.05) is 44.2 Å². The normalized spacial score (nSPS) is 12.2. The lowest BCUT2D eigenvalue weighted by Crippen LogP contribution is -2.22. The van der Waals surface area contributed by atoms with Gasteiger partial charge in [0.25, 0.3) is 5.91 Å². The average molecular weight is 427 g/mol. The van der Waals surface area contributed by atoms with Crippen molar-refractivity contribution in [1.29, 1.82) is 0 Å². The highest BCUT2D eigenvalue weighted by molar-refractivity contribution is 5.94. The summed E-state index contributed by atoms with van der Waals surface area (Å²) in [6, 6.07) is 17.9. The van der Waals surface area contributed by atoms with E-state index in [2.05, 4.69) is 5.32 Å². The van der Waals surface area contributed by atoms with Gasteiger partial charge in [-0.15, -0.1) is 0 Å². The molecule has 1 aliphatic heterocycles. The van der Waals surface area contributed by atoms with Crippen LogP contribution in [0.2, 0.25) is 0 Å². The Morgan fingerprint density at radius 3 is 2.53 bits per heavy atom. The Balaban J connectivity index is 1.33. The van der Waals surface area contributed by atoms with Crippen molar-refractivity contribution >= 4 is 16.9 Å². The fraction of sp³-hybridized carbons (Fsp3) is 0.154. The maximum absolute atomic E-state index is 12.6. The standard InChI is InChI=1S/C26H21NO5/c1-15-9-16(2)25-20(10-15)21(28)12-23(32-25)18-4-6-19(7-5-18)26(29)27-13-17-3-8-22-24(11-17)31-14-30-22/h3-12H,13-14H2,1-2H3,(H,27,29). The van der Waals surface area contributed by atoms with Crippen molar-refractivity contribution in [2.24, 2.45) is 0 Å². The zero-order valence-electron chi connectivity index (χ0n) is 17.7. The van der Waals surface area contributed by atoms with E-state index < -0.39 is 0 Å². The summed E-state index contributed by atoms with van der Waals surface area (Å²) in [5.74, 6) is 1.67. The van der Waals surface area contributed by atoms with Gasteiger partial charge in [-0.05, 0) is 60.9 Å². The molecule has 0 bridgehead atoms. The molecule has 2 heterocycles. The summed E-state index contributed by atoms with van der Waals surface area (Å²) in [4.78, 5) is 25.2. The highest BCUT2D eigenvalue weighted by atomic mass is 16.7. The summed E-state index contributed by atoms with van der Waals surface area (Å²) in [7, 11) is 0. The van der Waals surface area contributed by atoms with Crippen molar-refractivity contribution < 1.29 is 18.7 Å². The quantitative estimate of drug-likeness (QED) is 0.509. The Hall–Kier alpha value is -4.06. The van der Waals surface area contributed by atoms with Crippen molar-refractivity contribution in [3.05, 3.63) is 93.1 Å². The number of fused-ring (bicyclic) bond motifs is 2. The second-order valence-corrected chi connectivity index (χ2v) is 7.88. The second-order valence-electron chi connectivity index (χ2n) is 7.88. The summed E-state index contributed by atoms with van der Waals surface area (Å²) < 4.78 is 16.7. The minimum absolute atomic E-state index is 0.0846. The third kappa shape index (κ3) is 3.71. The summed E-state index contributed by atoms with van der Waals surface area (Å²) in [6.45, 7) is 4.47. The molecule has 6 heteroatoms. The van der Waals surface area contributed by atoms with Crippen molar-refractivity contribution in [1.82, 2.24) is 5.32 Å². The molecular formula is C26H21NO5. The van der Waals surface area contributed by atoms with Gasteiger partial charge in [-0.25, -0.2) is 0 Å². The molecule has 6 nitrogen and oxygen atoms in total. The van der Waals surface area contributed by atoms with Gasteiger partial charge in [-0.2, -0.15) is 0 Å². The van der Waals surface area contributed by atoms with E-state index in [4.69, 9.17) is 13.9 Å². The molecule has 0 aliphatic carbocycles. The zero-order valence-corrected chi connectivity index (χ0v) is 17.7. The number of carbonyl (C=O) groups is 1. The van der Waals surface area contributed by atoms with Crippen LogP contribution in [0.5, 0.6) is 11.5 Å². The van der Waals surface area contributed by atoms with E-state index in [0.717, 1.165) is 22.3 Å². The number of ether oxygens (including phenoxy) is 2. The maximum atomic E-state index is 12.6. The van der Waals surface area contributed by atoms with Crippen molar-refractivity contribution in [2.75, 3.05) is 6.79 Å². The molecule has 0 fully saturated rings. The summed E-state index contributed by atoms with van der Waals surface area (Å²) in [5, 5.41) is 3.48. The number of amides is 1. The molecule has 1 N–H and O–H groups in total. The first-order valence-electron chi connectivity index (χ1n) is 10.3. The summed E-state index contributed by atoms with van der Waals surface area (Å²) in [5.41, 5.74) is 4.61. The van der Waals surface area contributed by atoms with E-state index in [-0.39, 0.29) is 18.1 Å². The van der Waals surface area contributed by atoms with Gasteiger partial charge >= 0.3 is 0 Å². The van der Waals surface area contributed by atoms with Crippen molar-refractivity contribution in [3.8, 4) is 22.8 Å². The van der Waals surface area contributed by atoms with Gasteiger partial charge in [-0.3, -0.25) is 9.59 Å². The topological polar surface area (TPSA) is 77.8 Å². The monoisotopic (exact) mass is 427 g/mol. The zero-order chi connectivity index (χ0) is 22.2. The number of hydrogen-bond acceptors (Lipinski definition) is 5. The number of hydrogen-bond donors (Lipinski definition) is 1. The lowest BCUT2D eigenvalue weighted by molar-refractivity contribution is 0.0951. The van der Waals surface area contributed by atoms with Gasteiger partial charge in [-0.1, -0.05) is 24.3 Å². The lowest BCUT2D eigenvalue weighted by Gasteiger charge is -2.08. The molecule has 3 aromatic carbocycles. The molecular weight excluding hydrogens is 406 g/mol. The number of carbonyl (C=O) groups excluding carboxylic acids is 1. The van der Waals surface area contributed by atoms with Gasteiger partial charge < -0.3 is 19.2 Å². The van der Waals surface area contributed by atoms with E-state index in [1.54, 1.807) is 24.3 Å². The van der Waals surface area contributed by atoms with Crippen LogP contribution in [0, 0.1) is 13.8 Å².